The van der Waals surface area contributed by atoms with E-state index in [1.165, 1.54) is 6.07 Å². The lowest BCUT2D eigenvalue weighted by Crippen LogP contribution is -2.35. The minimum Gasteiger partial charge on any atom is -0.376 e. The van der Waals surface area contributed by atoms with Crippen LogP contribution in [0.4, 0.5) is 5.69 Å². The summed E-state index contributed by atoms with van der Waals surface area (Å²) >= 11 is 5.01. The Bertz CT molecular complexity index is 658. The standard InChI is InChI=1S/C14H14N4OS/c1-2-9-18(14(15)20)11-5-3-10(4-6-11)12-7-8-13(19)17-16-12/h2-8H,1,9H2,(H2,15,20)(H,17,19). The number of hydrogen-bond acceptors (Lipinski definition) is 3. The van der Waals surface area contributed by atoms with Crippen LogP contribution in [0.1, 0.15) is 0 Å². The number of thiocarbonyl (C=S) groups is 1. The summed E-state index contributed by atoms with van der Waals surface area (Å²) in [5.41, 5.74) is 7.92. The average molecular weight is 286 g/mol. The fourth-order valence-corrected chi connectivity index (χ4v) is 1.95. The van der Waals surface area contributed by atoms with Crippen LogP contribution in [0, 0.1) is 0 Å². The molecule has 6 heteroatoms. The largest absolute Gasteiger partial charge is 0.376 e. The van der Waals surface area contributed by atoms with Gasteiger partial charge in [-0.1, -0.05) is 18.2 Å². The molecule has 102 valence electrons. The lowest BCUT2D eigenvalue weighted by atomic mass is 10.1. The molecular weight excluding hydrogens is 272 g/mol. The average Bonchev–Trinajstić information content (AvgIpc) is 2.45. The van der Waals surface area contributed by atoms with E-state index in [1.54, 1.807) is 17.0 Å². The number of aromatic nitrogens is 2. The molecule has 0 aliphatic heterocycles. The van der Waals surface area contributed by atoms with Gasteiger partial charge in [-0.25, -0.2) is 5.10 Å². The van der Waals surface area contributed by atoms with Crippen LogP contribution in [0.2, 0.25) is 0 Å². The zero-order chi connectivity index (χ0) is 14.5. The third-order valence-corrected chi connectivity index (χ3v) is 2.95. The van der Waals surface area contributed by atoms with Gasteiger partial charge in [0.15, 0.2) is 5.11 Å². The van der Waals surface area contributed by atoms with E-state index in [0.717, 1.165) is 11.3 Å². The van der Waals surface area contributed by atoms with Crippen LogP contribution in [-0.4, -0.2) is 21.9 Å². The quantitative estimate of drug-likeness (QED) is 0.660. The Morgan fingerprint density at radius 1 is 1.35 bits per heavy atom. The highest BCUT2D eigenvalue weighted by atomic mass is 32.1. The minimum absolute atomic E-state index is 0.226. The molecule has 3 N–H and O–H groups in total. The molecule has 0 saturated heterocycles. The molecule has 0 fully saturated rings. The third kappa shape index (κ3) is 3.10. The van der Waals surface area contributed by atoms with E-state index >= 15 is 0 Å². The Hall–Kier alpha value is -2.47. The molecule has 0 atom stereocenters. The second-order valence-corrected chi connectivity index (χ2v) is 4.51. The first-order chi connectivity index (χ1) is 9.61. The van der Waals surface area contributed by atoms with Crippen LogP contribution in [0.3, 0.4) is 0 Å². The van der Waals surface area contributed by atoms with Gasteiger partial charge in [0.2, 0.25) is 0 Å². The van der Waals surface area contributed by atoms with E-state index in [9.17, 15) is 4.79 Å². The number of anilines is 1. The molecule has 20 heavy (non-hydrogen) atoms. The van der Waals surface area contributed by atoms with Crippen molar-refractivity contribution in [3.8, 4) is 11.3 Å². The fourth-order valence-electron chi connectivity index (χ4n) is 1.77. The number of nitrogens with one attached hydrogen (secondary N) is 1. The highest BCUT2D eigenvalue weighted by Crippen LogP contribution is 2.21. The van der Waals surface area contributed by atoms with Gasteiger partial charge in [0.25, 0.3) is 5.56 Å². The van der Waals surface area contributed by atoms with Crippen LogP contribution >= 0.6 is 12.2 Å². The summed E-state index contributed by atoms with van der Waals surface area (Å²) in [5, 5.41) is 6.67. The van der Waals surface area contributed by atoms with E-state index in [4.69, 9.17) is 18.0 Å². The molecule has 0 aliphatic rings. The highest BCUT2D eigenvalue weighted by Gasteiger charge is 2.08. The molecule has 0 spiro atoms. The lowest BCUT2D eigenvalue weighted by molar-refractivity contribution is 0.995. The summed E-state index contributed by atoms with van der Waals surface area (Å²) < 4.78 is 0. The number of benzene rings is 1. The minimum atomic E-state index is -0.226. The van der Waals surface area contributed by atoms with Gasteiger partial charge in [0, 0.05) is 23.9 Å². The van der Waals surface area contributed by atoms with Gasteiger partial charge in [-0.05, 0) is 30.4 Å². The predicted octanol–water partition coefficient (Wildman–Crippen LogP) is 1.67. The van der Waals surface area contributed by atoms with Crippen LogP contribution in [0.25, 0.3) is 11.3 Å². The molecule has 0 amide bonds. The SMILES string of the molecule is C=CCN(C(N)=S)c1ccc(-c2ccc(=O)[nH]n2)cc1. The number of H-pyrrole nitrogens is 1. The molecule has 5 nitrogen and oxygen atoms in total. The van der Waals surface area contributed by atoms with Crippen molar-refractivity contribution in [1.29, 1.82) is 0 Å². The zero-order valence-corrected chi connectivity index (χ0v) is 11.6. The van der Waals surface area contributed by atoms with Crippen molar-refractivity contribution >= 4 is 23.0 Å². The topological polar surface area (TPSA) is 75.0 Å². The third-order valence-electron chi connectivity index (χ3n) is 2.73. The van der Waals surface area contributed by atoms with Crippen molar-refractivity contribution in [3.05, 3.63) is 59.4 Å². The van der Waals surface area contributed by atoms with Crippen molar-refractivity contribution in [3.63, 3.8) is 0 Å². The summed E-state index contributed by atoms with van der Waals surface area (Å²) in [6.45, 7) is 4.23. The Morgan fingerprint density at radius 3 is 2.55 bits per heavy atom. The maximum absolute atomic E-state index is 11.0. The molecule has 2 rings (SSSR count). The van der Waals surface area contributed by atoms with E-state index in [2.05, 4.69) is 16.8 Å². The molecule has 2 aromatic rings. The van der Waals surface area contributed by atoms with Gasteiger partial charge in [0.05, 0.1) is 5.69 Å². The van der Waals surface area contributed by atoms with Gasteiger partial charge in [-0.3, -0.25) is 4.79 Å². The first kappa shape index (κ1) is 14.0. The van der Waals surface area contributed by atoms with E-state index in [1.807, 2.05) is 24.3 Å². The van der Waals surface area contributed by atoms with Crippen molar-refractivity contribution < 1.29 is 0 Å². The highest BCUT2D eigenvalue weighted by molar-refractivity contribution is 7.80. The van der Waals surface area contributed by atoms with E-state index in [0.29, 0.717) is 17.4 Å². The monoisotopic (exact) mass is 286 g/mol. The maximum Gasteiger partial charge on any atom is 0.264 e. The number of nitrogens with two attached hydrogens (primary N) is 1. The Labute approximate surface area is 121 Å². The molecule has 1 aromatic carbocycles. The molecule has 1 aromatic heterocycles. The Balaban J connectivity index is 2.29. The van der Waals surface area contributed by atoms with Gasteiger partial charge in [0.1, 0.15) is 0 Å². The van der Waals surface area contributed by atoms with Crippen LogP contribution in [0.15, 0.2) is 53.8 Å². The second-order valence-electron chi connectivity index (χ2n) is 4.09. The van der Waals surface area contributed by atoms with Gasteiger partial charge < -0.3 is 10.6 Å². The first-order valence-electron chi connectivity index (χ1n) is 5.96. The number of hydrogen-bond donors (Lipinski definition) is 2. The van der Waals surface area contributed by atoms with Gasteiger partial charge >= 0.3 is 0 Å². The summed E-state index contributed by atoms with van der Waals surface area (Å²) in [6, 6.07) is 10.7. The Kier molecular flexibility index (Phi) is 4.27. The number of nitrogens with zero attached hydrogens (tertiary/aromatic N) is 2. The summed E-state index contributed by atoms with van der Waals surface area (Å²) in [5.74, 6) is 0. The second kappa shape index (κ2) is 6.12. The fraction of sp³-hybridized carbons (Fsp3) is 0.0714. The van der Waals surface area contributed by atoms with Crippen molar-refractivity contribution in [2.24, 2.45) is 5.73 Å². The van der Waals surface area contributed by atoms with Crippen LogP contribution in [-0.2, 0) is 0 Å². The summed E-state index contributed by atoms with van der Waals surface area (Å²) in [7, 11) is 0. The predicted molar refractivity (Wildman–Crippen MR) is 84.6 cm³/mol. The van der Waals surface area contributed by atoms with Crippen molar-refractivity contribution in [2.45, 2.75) is 0 Å². The first-order valence-corrected chi connectivity index (χ1v) is 6.36. The summed E-state index contributed by atoms with van der Waals surface area (Å²) in [4.78, 5) is 12.8. The molecule has 0 radical (unpaired) electrons. The van der Waals surface area contributed by atoms with Crippen LogP contribution in [0.5, 0.6) is 0 Å². The molecule has 0 unspecified atom stereocenters. The number of rotatable bonds is 4. The van der Waals surface area contributed by atoms with Crippen molar-refractivity contribution in [2.75, 3.05) is 11.4 Å². The van der Waals surface area contributed by atoms with Gasteiger partial charge in [-0.2, -0.15) is 5.10 Å². The molecule has 0 aliphatic carbocycles. The maximum atomic E-state index is 11.0. The zero-order valence-electron chi connectivity index (χ0n) is 10.7. The molecule has 0 bridgehead atoms. The molecular formula is C14H14N4OS. The number of aromatic amines is 1. The van der Waals surface area contributed by atoms with E-state index in [-0.39, 0.29) is 5.56 Å². The van der Waals surface area contributed by atoms with Gasteiger partial charge in [-0.15, -0.1) is 6.58 Å². The van der Waals surface area contributed by atoms with Crippen LogP contribution < -0.4 is 16.2 Å². The lowest BCUT2D eigenvalue weighted by Gasteiger charge is -2.21. The molecule has 1 heterocycles. The summed E-state index contributed by atoms with van der Waals surface area (Å²) in [6.07, 6.45) is 1.73. The van der Waals surface area contributed by atoms with Crippen molar-refractivity contribution in [1.82, 2.24) is 10.2 Å². The normalized spacial score (nSPS) is 10.0. The Morgan fingerprint density at radius 2 is 2.05 bits per heavy atom. The van der Waals surface area contributed by atoms with E-state index < -0.39 is 0 Å². The smallest absolute Gasteiger partial charge is 0.264 e. The molecule has 0 saturated carbocycles.